The van der Waals surface area contributed by atoms with Crippen LogP contribution in [0, 0.1) is 5.92 Å². The van der Waals surface area contributed by atoms with Crippen molar-refractivity contribution in [3.05, 3.63) is 70.7 Å². The standard InChI is InChI=1S/C22H28ClN3O.ClH/c1-16(17-8-10-20(23)11-9-17)25(2)22(27)15-26-13-19(12-24)21(14-26)18-6-4-3-5-7-18;/h3-11,16,19,21H,12-15,24H2,1-2H3;1H/t16?,19-,21+;/m1./s1. The van der Waals surface area contributed by atoms with Gasteiger partial charge in [-0.05, 0) is 42.6 Å². The molecular weight excluding hydrogens is 393 g/mol. The van der Waals surface area contributed by atoms with Gasteiger partial charge in [-0.15, -0.1) is 12.4 Å². The molecule has 3 rings (SSSR count). The fourth-order valence-electron chi connectivity index (χ4n) is 3.89. The minimum Gasteiger partial charge on any atom is -0.338 e. The van der Waals surface area contributed by atoms with Crippen LogP contribution in [-0.4, -0.2) is 48.9 Å². The Hall–Kier alpha value is -1.59. The second-order valence-electron chi connectivity index (χ2n) is 7.44. The Morgan fingerprint density at radius 3 is 2.43 bits per heavy atom. The number of carbonyl (C=O) groups excluding carboxylic acids is 1. The molecule has 1 unspecified atom stereocenters. The van der Waals surface area contributed by atoms with Crippen LogP contribution in [0.4, 0.5) is 0 Å². The maximum absolute atomic E-state index is 12.8. The van der Waals surface area contributed by atoms with Crippen molar-refractivity contribution in [2.75, 3.05) is 33.2 Å². The van der Waals surface area contributed by atoms with Gasteiger partial charge in [-0.25, -0.2) is 0 Å². The van der Waals surface area contributed by atoms with Gasteiger partial charge in [0.05, 0.1) is 12.6 Å². The van der Waals surface area contributed by atoms with Crippen LogP contribution in [0.15, 0.2) is 54.6 Å². The summed E-state index contributed by atoms with van der Waals surface area (Å²) < 4.78 is 0. The SMILES string of the molecule is CC(c1ccc(Cl)cc1)N(C)C(=O)CN1C[C@@H](CN)[C@H](c2ccccc2)C1.Cl. The Morgan fingerprint density at radius 1 is 1.18 bits per heavy atom. The minimum atomic E-state index is 0. The molecule has 3 atom stereocenters. The number of halogens is 2. The smallest absolute Gasteiger partial charge is 0.236 e. The van der Waals surface area contributed by atoms with Gasteiger partial charge in [0.2, 0.25) is 5.91 Å². The van der Waals surface area contributed by atoms with Gasteiger partial charge in [0.15, 0.2) is 0 Å². The largest absolute Gasteiger partial charge is 0.338 e. The monoisotopic (exact) mass is 421 g/mol. The predicted octanol–water partition coefficient (Wildman–Crippen LogP) is 3.96. The second kappa shape index (κ2) is 10.3. The number of nitrogens with zero attached hydrogens (tertiary/aromatic N) is 2. The van der Waals surface area contributed by atoms with Crippen molar-refractivity contribution >= 4 is 29.9 Å². The van der Waals surface area contributed by atoms with Gasteiger partial charge in [0.25, 0.3) is 0 Å². The highest BCUT2D eigenvalue weighted by atomic mass is 35.5. The quantitative estimate of drug-likeness (QED) is 0.767. The molecule has 0 aliphatic carbocycles. The highest BCUT2D eigenvalue weighted by Gasteiger charge is 2.34. The molecule has 2 N–H and O–H groups in total. The lowest BCUT2D eigenvalue weighted by molar-refractivity contribution is -0.132. The van der Waals surface area contributed by atoms with Gasteiger partial charge in [0.1, 0.15) is 0 Å². The lowest BCUT2D eigenvalue weighted by Crippen LogP contribution is -2.39. The van der Waals surface area contributed by atoms with Crippen LogP contribution in [0.25, 0.3) is 0 Å². The zero-order chi connectivity index (χ0) is 19.4. The van der Waals surface area contributed by atoms with Crippen LogP contribution in [-0.2, 0) is 4.79 Å². The number of hydrogen-bond donors (Lipinski definition) is 1. The van der Waals surface area contributed by atoms with Crippen LogP contribution in [0.1, 0.15) is 30.0 Å². The average molecular weight is 422 g/mol. The molecule has 2 aromatic carbocycles. The van der Waals surface area contributed by atoms with Crippen molar-refractivity contribution in [1.82, 2.24) is 9.80 Å². The van der Waals surface area contributed by atoms with E-state index in [4.69, 9.17) is 17.3 Å². The summed E-state index contributed by atoms with van der Waals surface area (Å²) in [7, 11) is 1.87. The van der Waals surface area contributed by atoms with Gasteiger partial charge in [0, 0.05) is 31.1 Å². The van der Waals surface area contributed by atoms with E-state index in [0.29, 0.717) is 29.9 Å². The number of benzene rings is 2. The number of likely N-dealkylation sites (tertiary alicyclic amines) is 1. The molecule has 1 fully saturated rings. The third-order valence-corrected chi connectivity index (χ3v) is 5.98. The van der Waals surface area contributed by atoms with Crippen molar-refractivity contribution in [2.45, 2.75) is 18.9 Å². The Balaban J connectivity index is 0.00000280. The van der Waals surface area contributed by atoms with Crippen molar-refractivity contribution in [1.29, 1.82) is 0 Å². The normalized spacial score (nSPS) is 20.4. The van der Waals surface area contributed by atoms with E-state index in [1.54, 1.807) is 0 Å². The Kier molecular flexibility index (Phi) is 8.32. The highest BCUT2D eigenvalue weighted by molar-refractivity contribution is 6.30. The maximum Gasteiger partial charge on any atom is 0.236 e. The first-order valence-corrected chi connectivity index (χ1v) is 9.86. The lowest BCUT2D eigenvalue weighted by atomic mass is 9.89. The van der Waals surface area contributed by atoms with E-state index in [1.165, 1.54) is 5.56 Å². The van der Waals surface area contributed by atoms with Crippen LogP contribution < -0.4 is 5.73 Å². The average Bonchev–Trinajstić information content (AvgIpc) is 3.11. The topological polar surface area (TPSA) is 49.6 Å². The molecule has 0 spiro atoms. The summed E-state index contributed by atoms with van der Waals surface area (Å²) in [6.07, 6.45) is 0. The molecule has 6 heteroatoms. The van der Waals surface area contributed by atoms with E-state index in [2.05, 4.69) is 29.2 Å². The first kappa shape index (κ1) is 22.7. The molecule has 28 heavy (non-hydrogen) atoms. The zero-order valence-electron chi connectivity index (χ0n) is 16.4. The molecule has 2 aromatic rings. The van der Waals surface area contributed by atoms with Crippen LogP contribution in [0.5, 0.6) is 0 Å². The van der Waals surface area contributed by atoms with Gasteiger partial charge in [-0.2, -0.15) is 0 Å². The van der Waals surface area contributed by atoms with Crippen LogP contribution in [0.2, 0.25) is 5.02 Å². The predicted molar refractivity (Wildman–Crippen MR) is 118 cm³/mol. The number of amides is 1. The molecule has 1 heterocycles. The Bertz CT molecular complexity index is 754. The Labute approximate surface area is 179 Å². The number of carbonyl (C=O) groups is 1. The van der Waals surface area contributed by atoms with Gasteiger partial charge in [-0.1, -0.05) is 54.1 Å². The highest BCUT2D eigenvalue weighted by Crippen LogP contribution is 2.32. The molecule has 152 valence electrons. The first-order valence-electron chi connectivity index (χ1n) is 9.48. The third kappa shape index (κ3) is 5.26. The van der Waals surface area contributed by atoms with Crippen LogP contribution >= 0.6 is 24.0 Å². The summed E-state index contributed by atoms with van der Waals surface area (Å²) in [6.45, 7) is 4.85. The molecular formula is C22H29Cl2N3O. The summed E-state index contributed by atoms with van der Waals surface area (Å²) in [5.74, 6) is 0.907. The molecule has 1 saturated heterocycles. The number of nitrogens with two attached hydrogens (primary N) is 1. The minimum absolute atomic E-state index is 0. The molecule has 1 aliphatic rings. The third-order valence-electron chi connectivity index (χ3n) is 5.73. The summed E-state index contributed by atoms with van der Waals surface area (Å²) >= 11 is 5.97. The second-order valence-corrected chi connectivity index (χ2v) is 7.88. The van der Waals surface area contributed by atoms with Crippen molar-refractivity contribution in [3.63, 3.8) is 0 Å². The van der Waals surface area contributed by atoms with E-state index < -0.39 is 0 Å². The van der Waals surface area contributed by atoms with E-state index >= 15 is 0 Å². The molecule has 0 saturated carbocycles. The maximum atomic E-state index is 12.8. The van der Waals surface area contributed by atoms with Crippen molar-refractivity contribution in [2.24, 2.45) is 11.7 Å². The van der Waals surface area contributed by atoms with E-state index in [-0.39, 0.29) is 24.4 Å². The van der Waals surface area contributed by atoms with Crippen molar-refractivity contribution in [3.8, 4) is 0 Å². The van der Waals surface area contributed by atoms with E-state index in [1.807, 2.05) is 49.2 Å². The molecule has 1 aliphatic heterocycles. The van der Waals surface area contributed by atoms with E-state index in [0.717, 1.165) is 18.7 Å². The molecule has 0 aromatic heterocycles. The molecule has 4 nitrogen and oxygen atoms in total. The number of rotatable bonds is 6. The fraction of sp³-hybridized carbons (Fsp3) is 0.409. The zero-order valence-corrected chi connectivity index (χ0v) is 18.0. The fourth-order valence-corrected chi connectivity index (χ4v) is 4.02. The molecule has 1 amide bonds. The van der Waals surface area contributed by atoms with Gasteiger partial charge >= 0.3 is 0 Å². The summed E-state index contributed by atoms with van der Waals surface area (Å²) in [6, 6.07) is 18.2. The Morgan fingerprint density at radius 2 is 1.82 bits per heavy atom. The summed E-state index contributed by atoms with van der Waals surface area (Å²) in [5.41, 5.74) is 8.41. The van der Waals surface area contributed by atoms with Gasteiger partial charge in [-0.3, -0.25) is 9.69 Å². The lowest BCUT2D eigenvalue weighted by Gasteiger charge is -2.27. The van der Waals surface area contributed by atoms with E-state index in [9.17, 15) is 4.79 Å². The van der Waals surface area contributed by atoms with Crippen LogP contribution in [0.3, 0.4) is 0 Å². The summed E-state index contributed by atoms with van der Waals surface area (Å²) in [5, 5.41) is 0.705. The molecule has 0 radical (unpaired) electrons. The molecule has 0 bridgehead atoms. The van der Waals surface area contributed by atoms with Crippen molar-refractivity contribution < 1.29 is 4.79 Å². The number of hydrogen-bond acceptors (Lipinski definition) is 3. The first-order chi connectivity index (χ1) is 13.0. The summed E-state index contributed by atoms with van der Waals surface area (Å²) in [4.78, 5) is 16.9. The number of likely N-dealkylation sites (N-methyl/N-ethyl adjacent to an activating group) is 1. The van der Waals surface area contributed by atoms with Gasteiger partial charge < -0.3 is 10.6 Å².